The average Bonchev–Trinajstić information content (AvgIpc) is 3.04. The molecule has 2 atom stereocenters. The molecule has 2 heterocycles. The van der Waals surface area contributed by atoms with Gasteiger partial charge < -0.3 is 0 Å². The van der Waals surface area contributed by atoms with E-state index in [4.69, 9.17) is 5.84 Å². The molecule has 4 nitrogen and oxygen atoms in total. The van der Waals surface area contributed by atoms with Crippen LogP contribution in [0, 0.1) is 6.92 Å². The summed E-state index contributed by atoms with van der Waals surface area (Å²) >= 11 is 1.78. The van der Waals surface area contributed by atoms with Gasteiger partial charge in [-0.3, -0.25) is 16.0 Å². The van der Waals surface area contributed by atoms with Crippen molar-refractivity contribution in [3.05, 3.63) is 39.8 Å². The molecular formula is C14H22N4S. The molecular weight excluding hydrogens is 256 g/mol. The maximum absolute atomic E-state index is 5.68. The Hall–Kier alpha value is -1.17. The first-order chi connectivity index (χ1) is 9.13. The highest BCUT2D eigenvalue weighted by Crippen LogP contribution is 2.25. The highest BCUT2D eigenvalue weighted by atomic mass is 32.1. The number of hydrogen-bond donors (Lipinski definition) is 2. The van der Waals surface area contributed by atoms with Crippen LogP contribution in [0.1, 0.15) is 47.8 Å². The van der Waals surface area contributed by atoms with Crippen molar-refractivity contribution in [1.29, 1.82) is 0 Å². The van der Waals surface area contributed by atoms with E-state index >= 15 is 0 Å². The summed E-state index contributed by atoms with van der Waals surface area (Å²) in [6.07, 6.45) is 3.96. The number of nitrogens with two attached hydrogens (primary N) is 1. The Balaban J connectivity index is 2.08. The van der Waals surface area contributed by atoms with Gasteiger partial charge in [0.1, 0.15) is 0 Å². The Morgan fingerprint density at radius 1 is 1.42 bits per heavy atom. The number of thiophene rings is 1. The maximum atomic E-state index is 5.68. The molecule has 0 bridgehead atoms. The third kappa shape index (κ3) is 3.43. The summed E-state index contributed by atoms with van der Waals surface area (Å²) in [5, 5.41) is 4.63. The van der Waals surface area contributed by atoms with Gasteiger partial charge >= 0.3 is 0 Å². The number of hydrazine groups is 1. The number of aryl methyl sites for hydroxylation is 1. The highest BCUT2D eigenvalue weighted by molar-refractivity contribution is 7.12. The third-order valence-corrected chi connectivity index (χ3v) is 4.54. The first-order valence-electron chi connectivity index (χ1n) is 6.70. The zero-order chi connectivity index (χ0) is 13.8. The van der Waals surface area contributed by atoms with Crippen molar-refractivity contribution < 1.29 is 0 Å². The van der Waals surface area contributed by atoms with Gasteiger partial charge in [0.15, 0.2) is 0 Å². The van der Waals surface area contributed by atoms with Gasteiger partial charge in [0.05, 0.1) is 11.7 Å². The molecule has 2 rings (SSSR count). The van der Waals surface area contributed by atoms with E-state index in [9.17, 15) is 0 Å². The van der Waals surface area contributed by atoms with Gasteiger partial charge in [0.2, 0.25) is 0 Å². The molecule has 0 aliphatic carbocycles. The molecule has 0 aromatic carbocycles. The van der Waals surface area contributed by atoms with Crippen LogP contribution in [0.2, 0.25) is 0 Å². The Morgan fingerprint density at radius 3 is 2.79 bits per heavy atom. The van der Waals surface area contributed by atoms with Crippen molar-refractivity contribution in [3.8, 4) is 0 Å². The molecule has 2 aromatic heterocycles. The van der Waals surface area contributed by atoms with Gasteiger partial charge in [-0.05, 0) is 38.5 Å². The summed E-state index contributed by atoms with van der Waals surface area (Å²) < 4.78 is 2.03. The molecule has 0 saturated carbocycles. The molecule has 0 saturated heterocycles. The largest absolute Gasteiger partial charge is 0.271 e. The molecule has 0 fully saturated rings. The second-order valence-corrected chi connectivity index (χ2v) is 6.24. The zero-order valence-corrected chi connectivity index (χ0v) is 12.6. The predicted molar refractivity (Wildman–Crippen MR) is 80.1 cm³/mol. The van der Waals surface area contributed by atoms with Crippen LogP contribution in [0.15, 0.2) is 24.4 Å². The fourth-order valence-electron chi connectivity index (χ4n) is 2.01. The molecule has 0 aliphatic heterocycles. The highest BCUT2D eigenvalue weighted by Gasteiger charge is 2.14. The summed E-state index contributed by atoms with van der Waals surface area (Å²) in [6.45, 7) is 6.46. The van der Waals surface area contributed by atoms with Crippen LogP contribution in [0.5, 0.6) is 0 Å². The lowest BCUT2D eigenvalue weighted by Crippen LogP contribution is -2.29. The minimum absolute atomic E-state index is 0.138. The lowest BCUT2D eigenvalue weighted by Gasteiger charge is -2.13. The first-order valence-corrected chi connectivity index (χ1v) is 7.52. The van der Waals surface area contributed by atoms with Crippen LogP contribution in [-0.4, -0.2) is 9.78 Å². The smallest absolute Gasteiger partial charge is 0.0644 e. The Kier molecular flexibility index (Phi) is 4.74. The molecule has 0 spiro atoms. The predicted octanol–water partition coefficient (Wildman–Crippen LogP) is 2.97. The Morgan fingerprint density at radius 2 is 2.21 bits per heavy atom. The second-order valence-electron chi connectivity index (χ2n) is 4.92. The zero-order valence-electron chi connectivity index (χ0n) is 11.8. The average molecular weight is 278 g/mol. The molecule has 0 radical (unpaired) electrons. The SMILES string of the molecule is CCC(C)n1ccc(CC(NN)c2ccc(C)s2)n1. The van der Waals surface area contributed by atoms with E-state index in [1.165, 1.54) is 9.75 Å². The van der Waals surface area contributed by atoms with Crippen LogP contribution < -0.4 is 11.3 Å². The number of nitrogens with one attached hydrogen (secondary N) is 1. The number of hydrogen-bond acceptors (Lipinski definition) is 4. The molecule has 0 aliphatic rings. The number of aromatic nitrogens is 2. The molecule has 19 heavy (non-hydrogen) atoms. The van der Waals surface area contributed by atoms with E-state index in [0.717, 1.165) is 18.5 Å². The van der Waals surface area contributed by atoms with E-state index in [2.05, 4.69) is 55.7 Å². The molecule has 104 valence electrons. The topological polar surface area (TPSA) is 55.9 Å². The summed E-state index contributed by atoms with van der Waals surface area (Å²) in [7, 11) is 0. The van der Waals surface area contributed by atoms with Crippen molar-refractivity contribution in [2.45, 2.75) is 45.7 Å². The maximum Gasteiger partial charge on any atom is 0.0644 e. The fraction of sp³-hybridized carbons (Fsp3) is 0.500. The van der Waals surface area contributed by atoms with Crippen LogP contribution in [-0.2, 0) is 6.42 Å². The summed E-state index contributed by atoms with van der Waals surface area (Å²) in [6, 6.07) is 6.93. The summed E-state index contributed by atoms with van der Waals surface area (Å²) in [5.74, 6) is 5.68. The Bertz CT molecular complexity index is 517. The normalized spacial score (nSPS) is 14.5. The minimum Gasteiger partial charge on any atom is -0.271 e. The third-order valence-electron chi connectivity index (χ3n) is 3.43. The van der Waals surface area contributed by atoms with Gasteiger partial charge in [0.25, 0.3) is 0 Å². The lowest BCUT2D eigenvalue weighted by molar-refractivity contribution is 0.467. The monoisotopic (exact) mass is 278 g/mol. The van der Waals surface area contributed by atoms with E-state index in [0.29, 0.717) is 6.04 Å². The summed E-state index contributed by atoms with van der Waals surface area (Å²) in [5.41, 5.74) is 3.97. The molecule has 3 N–H and O–H groups in total. The van der Waals surface area contributed by atoms with Crippen LogP contribution in [0.3, 0.4) is 0 Å². The molecule has 5 heteroatoms. The number of nitrogens with zero attached hydrogens (tertiary/aromatic N) is 2. The number of rotatable bonds is 6. The van der Waals surface area contributed by atoms with E-state index in [-0.39, 0.29) is 6.04 Å². The van der Waals surface area contributed by atoms with Crippen molar-refractivity contribution in [1.82, 2.24) is 15.2 Å². The Labute approximate surface area is 118 Å². The van der Waals surface area contributed by atoms with Crippen molar-refractivity contribution in [3.63, 3.8) is 0 Å². The second kappa shape index (κ2) is 6.32. The fourth-order valence-corrected chi connectivity index (χ4v) is 2.95. The van der Waals surface area contributed by atoms with Crippen LogP contribution >= 0.6 is 11.3 Å². The van der Waals surface area contributed by atoms with Crippen LogP contribution in [0.4, 0.5) is 0 Å². The minimum atomic E-state index is 0.138. The van der Waals surface area contributed by atoms with Gasteiger partial charge in [0, 0.05) is 28.4 Å². The van der Waals surface area contributed by atoms with Crippen LogP contribution in [0.25, 0.3) is 0 Å². The molecule has 0 amide bonds. The quantitative estimate of drug-likeness (QED) is 0.631. The lowest BCUT2D eigenvalue weighted by atomic mass is 10.1. The van der Waals surface area contributed by atoms with E-state index < -0.39 is 0 Å². The van der Waals surface area contributed by atoms with E-state index in [1.807, 2.05) is 4.68 Å². The summed E-state index contributed by atoms with van der Waals surface area (Å²) in [4.78, 5) is 2.57. The van der Waals surface area contributed by atoms with E-state index in [1.54, 1.807) is 11.3 Å². The molecule has 2 unspecified atom stereocenters. The van der Waals surface area contributed by atoms with Gasteiger partial charge in [-0.25, -0.2) is 0 Å². The standard InChI is InChI=1S/C14H22N4S/c1-4-10(2)18-8-7-12(17-18)9-13(16-15)14-6-5-11(3)19-14/h5-8,10,13,16H,4,9,15H2,1-3H3. The van der Waals surface area contributed by atoms with Gasteiger partial charge in [-0.15, -0.1) is 11.3 Å². The van der Waals surface area contributed by atoms with Crippen molar-refractivity contribution in [2.24, 2.45) is 5.84 Å². The molecule has 2 aromatic rings. The van der Waals surface area contributed by atoms with Crippen molar-refractivity contribution >= 4 is 11.3 Å². The van der Waals surface area contributed by atoms with Crippen molar-refractivity contribution in [2.75, 3.05) is 0 Å². The first kappa shape index (κ1) is 14.2. The van der Waals surface area contributed by atoms with Gasteiger partial charge in [-0.1, -0.05) is 6.92 Å². The van der Waals surface area contributed by atoms with Gasteiger partial charge in [-0.2, -0.15) is 5.10 Å².